The van der Waals surface area contributed by atoms with Crippen molar-refractivity contribution in [3.05, 3.63) is 73.3 Å². The van der Waals surface area contributed by atoms with Crippen LogP contribution >= 0.6 is 0 Å². The average Bonchev–Trinajstić information content (AvgIpc) is 2.70. The molecule has 0 atom stereocenters. The molecule has 0 spiro atoms. The molecule has 0 aliphatic carbocycles. The second kappa shape index (κ2) is 10.4. The van der Waals surface area contributed by atoms with E-state index in [2.05, 4.69) is 75.9 Å². The van der Waals surface area contributed by atoms with Crippen LogP contribution in [0.1, 0.15) is 20.8 Å². The number of hydrogen-bond acceptors (Lipinski definition) is 4. The van der Waals surface area contributed by atoms with E-state index in [0.29, 0.717) is 19.8 Å². The van der Waals surface area contributed by atoms with Crippen molar-refractivity contribution in [2.24, 2.45) is 0 Å². The van der Waals surface area contributed by atoms with Crippen molar-refractivity contribution in [1.82, 2.24) is 0 Å². The predicted molar refractivity (Wildman–Crippen MR) is 116 cm³/mol. The Balaban J connectivity index is 2.14. The van der Waals surface area contributed by atoms with Gasteiger partial charge in [0.15, 0.2) is 0 Å². The number of ether oxygens (including phenoxy) is 2. The molecule has 0 aliphatic heterocycles. The lowest BCUT2D eigenvalue weighted by Crippen LogP contribution is -2.66. The monoisotopic (exact) mass is 398 g/mol. The van der Waals surface area contributed by atoms with Crippen LogP contribution in [0.25, 0.3) is 0 Å². The van der Waals surface area contributed by atoms with Crippen LogP contribution in [0.3, 0.4) is 0 Å². The molecule has 28 heavy (non-hydrogen) atoms. The van der Waals surface area contributed by atoms with Crippen molar-refractivity contribution in [2.45, 2.75) is 25.8 Å². The highest BCUT2D eigenvalue weighted by Crippen LogP contribution is 2.36. The van der Waals surface area contributed by atoms with E-state index in [1.165, 1.54) is 10.4 Å². The van der Waals surface area contributed by atoms with Gasteiger partial charge in [0.1, 0.15) is 6.61 Å². The molecule has 0 heterocycles. The first-order chi connectivity index (χ1) is 13.4. The Bertz CT molecular complexity index is 699. The van der Waals surface area contributed by atoms with Crippen molar-refractivity contribution in [3.63, 3.8) is 0 Å². The van der Waals surface area contributed by atoms with Crippen molar-refractivity contribution in [1.29, 1.82) is 0 Å². The molecule has 0 fully saturated rings. The zero-order valence-electron chi connectivity index (χ0n) is 17.0. The molecule has 2 rings (SSSR count). The number of carbonyl (C=O) groups excluding carboxylic acids is 1. The van der Waals surface area contributed by atoms with Gasteiger partial charge < -0.3 is 13.9 Å². The zero-order valence-corrected chi connectivity index (χ0v) is 18.0. The van der Waals surface area contributed by atoms with Crippen molar-refractivity contribution in [2.75, 3.05) is 26.4 Å². The molecular formula is C23H30O4Si. The van der Waals surface area contributed by atoms with E-state index < -0.39 is 14.3 Å². The van der Waals surface area contributed by atoms with Crippen LogP contribution in [0.5, 0.6) is 0 Å². The molecule has 0 N–H and O–H groups in total. The highest BCUT2D eigenvalue weighted by Gasteiger charge is 2.49. The fourth-order valence-corrected chi connectivity index (χ4v) is 7.92. The Kier molecular flexibility index (Phi) is 8.17. The Hall–Kier alpha value is -2.21. The van der Waals surface area contributed by atoms with Crippen molar-refractivity contribution >= 4 is 24.7 Å². The second-order valence-electron chi connectivity index (χ2n) is 7.50. The minimum absolute atomic E-state index is 0.0603. The van der Waals surface area contributed by atoms with Crippen LogP contribution in [-0.2, 0) is 18.7 Å². The van der Waals surface area contributed by atoms with Crippen LogP contribution < -0.4 is 10.4 Å². The fraction of sp³-hybridized carbons (Fsp3) is 0.348. The summed E-state index contributed by atoms with van der Waals surface area (Å²) in [6.07, 6.45) is 1.14. The summed E-state index contributed by atoms with van der Waals surface area (Å²) in [4.78, 5) is 11.0. The van der Waals surface area contributed by atoms with Gasteiger partial charge in [-0.25, -0.2) is 4.79 Å². The molecule has 2 aromatic carbocycles. The van der Waals surface area contributed by atoms with Gasteiger partial charge in [-0.15, -0.1) is 0 Å². The van der Waals surface area contributed by atoms with Crippen molar-refractivity contribution < 1.29 is 18.7 Å². The summed E-state index contributed by atoms with van der Waals surface area (Å²) in [5.74, 6) is -0.438. The lowest BCUT2D eigenvalue weighted by atomic mass is 10.2. The number of benzene rings is 2. The largest absolute Gasteiger partial charge is 0.460 e. The van der Waals surface area contributed by atoms with Gasteiger partial charge >= 0.3 is 5.97 Å². The van der Waals surface area contributed by atoms with E-state index in [-0.39, 0.29) is 11.6 Å². The average molecular weight is 399 g/mol. The molecule has 4 nitrogen and oxygen atoms in total. The molecule has 0 bridgehead atoms. The third-order valence-corrected chi connectivity index (χ3v) is 9.64. The van der Waals surface area contributed by atoms with Crippen LogP contribution in [0.2, 0.25) is 5.04 Å². The van der Waals surface area contributed by atoms with Crippen molar-refractivity contribution in [3.8, 4) is 0 Å². The molecule has 0 saturated carbocycles. The predicted octanol–water partition coefficient (Wildman–Crippen LogP) is 3.31. The van der Waals surface area contributed by atoms with E-state index in [4.69, 9.17) is 13.9 Å². The second-order valence-corrected chi connectivity index (χ2v) is 11.8. The first kappa shape index (κ1) is 22.1. The first-order valence-electron chi connectivity index (χ1n) is 9.54. The third kappa shape index (κ3) is 5.41. The van der Waals surface area contributed by atoms with Gasteiger partial charge in [-0.1, -0.05) is 88.0 Å². The van der Waals surface area contributed by atoms with Crippen LogP contribution in [-0.4, -0.2) is 40.7 Å². The van der Waals surface area contributed by atoms with Gasteiger partial charge in [-0.3, -0.25) is 0 Å². The number of carbonyl (C=O) groups is 1. The van der Waals surface area contributed by atoms with Gasteiger partial charge in [0.2, 0.25) is 0 Å². The van der Waals surface area contributed by atoms with Gasteiger partial charge in [0.05, 0.1) is 19.8 Å². The van der Waals surface area contributed by atoms with Gasteiger partial charge in [-0.05, 0) is 15.4 Å². The summed E-state index contributed by atoms with van der Waals surface area (Å²) in [6, 6.07) is 21.0. The van der Waals surface area contributed by atoms with E-state index in [1.807, 2.05) is 12.1 Å². The summed E-state index contributed by atoms with van der Waals surface area (Å²) < 4.78 is 17.2. The highest BCUT2D eigenvalue weighted by atomic mass is 28.4. The van der Waals surface area contributed by atoms with E-state index >= 15 is 0 Å². The van der Waals surface area contributed by atoms with Gasteiger partial charge in [0, 0.05) is 6.08 Å². The fourth-order valence-electron chi connectivity index (χ4n) is 3.38. The number of rotatable bonds is 10. The molecular weight excluding hydrogens is 368 g/mol. The normalized spacial score (nSPS) is 11.8. The Labute approximate surface area is 169 Å². The van der Waals surface area contributed by atoms with Gasteiger partial charge in [0.25, 0.3) is 8.32 Å². The molecule has 150 valence electrons. The quantitative estimate of drug-likeness (QED) is 0.267. The standard InChI is InChI=1S/C23H30O4Si/c1-5-22(24)26-18-16-25-17-19-27-28(23(2,3)4,20-12-8-6-9-13-20)21-14-10-7-11-15-21/h5-15H,1,16-19H2,2-4H3. The lowest BCUT2D eigenvalue weighted by molar-refractivity contribution is -0.139. The Morgan fingerprint density at radius 3 is 1.86 bits per heavy atom. The maximum Gasteiger partial charge on any atom is 0.330 e. The van der Waals surface area contributed by atoms with Crippen LogP contribution in [0, 0.1) is 0 Å². The maximum absolute atomic E-state index is 11.0. The molecule has 5 heteroatoms. The molecule has 0 saturated heterocycles. The third-order valence-electron chi connectivity index (χ3n) is 4.60. The molecule has 0 radical (unpaired) electrons. The molecule has 0 unspecified atom stereocenters. The zero-order chi connectivity index (χ0) is 20.5. The van der Waals surface area contributed by atoms with Crippen LogP contribution in [0.15, 0.2) is 73.3 Å². The van der Waals surface area contributed by atoms with E-state index in [1.54, 1.807) is 0 Å². The Morgan fingerprint density at radius 2 is 1.39 bits per heavy atom. The van der Waals surface area contributed by atoms with E-state index in [9.17, 15) is 4.79 Å². The summed E-state index contributed by atoms with van der Waals surface area (Å²) in [5, 5.41) is 2.43. The first-order valence-corrected chi connectivity index (χ1v) is 11.4. The minimum atomic E-state index is -2.52. The SMILES string of the molecule is C=CC(=O)OCCOCCO[Si](c1ccccc1)(c1ccccc1)C(C)(C)C. The number of esters is 1. The summed E-state index contributed by atoms with van der Waals surface area (Å²) in [5.41, 5.74) is 0. The molecule has 2 aromatic rings. The lowest BCUT2D eigenvalue weighted by Gasteiger charge is -2.43. The summed E-state index contributed by atoms with van der Waals surface area (Å²) >= 11 is 0. The van der Waals surface area contributed by atoms with Gasteiger partial charge in [-0.2, -0.15) is 0 Å². The topological polar surface area (TPSA) is 44.8 Å². The molecule has 0 aliphatic rings. The number of hydrogen-bond donors (Lipinski definition) is 0. The minimum Gasteiger partial charge on any atom is -0.460 e. The maximum atomic E-state index is 11.0. The summed E-state index contributed by atoms with van der Waals surface area (Å²) in [6.45, 7) is 11.6. The Morgan fingerprint density at radius 1 is 0.893 bits per heavy atom. The van der Waals surface area contributed by atoms with E-state index in [0.717, 1.165) is 6.08 Å². The molecule has 0 aromatic heterocycles. The molecule has 0 amide bonds. The summed E-state index contributed by atoms with van der Waals surface area (Å²) in [7, 11) is -2.52. The van der Waals surface area contributed by atoms with Crippen LogP contribution in [0.4, 0.5) is 0 Å². The smallest absolute Gasteiger partial charge is 0.330 e. The highest BCUT2D eigenvalue weighted by molar-refractivity contribution is 6.99.